The summed E-state index contributed by atoms with van der Waals surface area (Å²) in [7, 11) is 0. The Morgan fingerprint density at radius 3 is 2.41 bits per heavy atom. The predicted octanol–water partition coefficient (Wildman–Crippen LogP) is 3.50. The van der Waals surface area contributed by atoms with Crippen molar-refractivity contribution in [3.05, 3.63) is 49.6 Å². The average Bonchev–Trinajstić information content (AvgIpc) is 3.53. The lowest BCUT2D eigenvalue weighted by atomic mass is 9.70. The highest BCUT2D eigenvalue weighted by Gasteiger charge is 2.74. The Kier molecular flexibility index (Phi) is 8.52. The van der Waals surface area contributed by atoms with Gasteiger partial charge in [0.2, 0.25) is 17.7 Å². The number of thioether (sulfide) groups is 1. The smallest absolute Gasteiger partial charge is 0.247 e. The van der Waals surface area contributed by atoms with Crippen molar-refractivity contribution in [1.29, 1.82) is 0 Å². The van der Waals surface area contributed by atoms with Gasteiger partial charge in [0.05, 0.1) is 29.8 Å². The van der Waals surface area contributed by atoms with E-state index in [9.17, 15) is 19.5 Å². The number of hydrogen-bond acceptors (Lipinski definition) is 6. The SMILES string of the molecule is C=CCN(C(=O)[C@@H]1[C@H]2C(=O)N(CCO)C(C(=O)N(CC=C)C(C)(C)C)C23CC[C@H]1S3)c1ccc(OCC)cc1. The van der Waals surface area contributed by atoms with E-state index >= 15 is 0 Å². The molecule has 8 nitrogen and oxygen atoms in total. The number of anilines is 1. The van der Waals surface area contributed by atoms with Crippen LogP contribution in [0.25, 0.3) is 0 Å². The summed E-state index contributed by atoms with van der Waals surface area (Å²) in [5.41, 5.74) is 0.221. The Labute approximate surface area is 236 Å². The molecule has 0 aliphatic carbocycles. The largest absolute Gasteiger partial charge is 0.494 e. The normalized spacial score (nSPS) is 27.3. The lowest BCUT2D eigenvalue weighted by molar-refractivity contribution is -0.145. The van der Waals surface area contributed by atoms with Gasteiger partial charge in [0.15, 0.2) is 0 Å². The number of nitrogens with zero attached hydrogens (tertiary/aromatic N) is 3. The van der Waals surface area contributed by atoms with Gasteiger partial charge < -0.3 is 24.5 Å². The number of amides is 3. The number of likely N-dealkylation sites (tertiary alicyclic amines) is 1. The first-order valence-corrected chi connectivity index (χ1v) is 14.6. The monoisotopic (exact) mass is 555 g/mol. The van der Waals surface area contributed by atoms with Crippen LogP contribution in [-0.2, 0) is 14.4 Å². The standard InChI is InChI=1S/C30H41N3O5S/c1-7-16-31(20-10-12-21(13-11-20)38-9-3)26(35)23-22-14-15-30(39-22)24(23)27(36)32(18-19-34)25(30)28(37)33(17-8-2)29(4,5)6/h7-8,10-13,22-25,34H,1-2,9,14-19H2,3-6H3/t22-,23+,24+,25?,30?/m1/s1. The molecule has 3 fully saturated rings. The molecule has 0 radical (unpaired) electrons. The van der Waals surface area contributed by atoms with E-state index in [4.69, 9.17) is 4.74 Å². The summed E-state index contributed by atoms with van der Waals surface area (Å²) >= 11 is 1.63. The molecule has 3 aliphatic rings. The second-order valence-electron chi connectivity index (χ2n) is 11.4. The molecule has 3 saturated heterocycles. The van der Waals surface area contributed by atoms with E-state index in [0.717, 1.165) is 12.2 Å². The Morgan fingerprint density at radius 1 is 1.18 bits per heavy atom. The predicted molar refractivity (Wildman–Crippen MR) is 155 cm³/mol. The molecule has 1 N–H and O–H groups in total. The molecule has 3 amide bonds. The molecule has 212 valence electrons. The van der Waals surface area contributed by atoms with E-state index < -0.39 is 28.2 Å². The maximum Gasteiger partial charge on any atom is 0.247 e. The molecular formula is C30H41N3O5S. The van der Waals surface area contributed by atoms with Crippen molar-refractivity contribution in [1.82, 2.24) is 9.80 Å². The Balaban J connectivity index is 1.72. The molecular weight excluding hydrogens is 514 g/mol. The number of ether oxygens (including phenoxy) is 1. The van der Waals surface area contributed by atoms with Crippen LogP contribution in [0, 0.1) is 11.8 Å². The van der Waals surface area contributed by atoms with E-state index in [1.165, 1.54) is 0 Å². The highest BCUT2D eigenvalue weighted by molar-refractivity contribution is 8.02. The third-order valence-electron chi connectivity index (χ3n) is 8.08. The van der Waals surface area contributed by atoms with Gasteiger partial charge in [-0.25, -0.2) is 0 Å². The van der Waals surface area contributed by atoms with Crippen LogP contribution in [0.2, 0.25) is 0 Å². The van der Waals surface area contributed by atoms with Gasteiger partial charge in [-0.05, 0) is 64.8 Å². The fourth-order valence-electron chi connectivity index (χ4n) is 6.55. The summed E-state index contributed by atoms with van der Waals surface area (Å²) in [5, 5.41) is 9.82. The summed E-state index contributed by atoms with van der Waals surface area (Å²) in [6.45, 7) is 16.5. The van der Waals surface area contributed by atoms with Gasteiger partial charge in [-0.15, -0.1) is 24.9 Å². The van der Waals surface area contributed by atoms with Gasteiger partial charge in [-0.2, -0.15) is 0 Å². The van der Waals surface area contributed by atoms with Crippen LogP contribution in [0.5, 0.6) is 5.75 Å². The fourth-order valence-corrected chi connectivity index (χ4v) is 8.76. The lowest BCUT2D eigenvalue weighted by Crippen LogP contribution is -2.59. The van der Waals surface area contributed by atoms with Crippen molar-refractivity contribution in [2.24, 2.45) is 11.8 Å². The zero-order chi connectivity index (χ0) is 28.5. The van der Waals surface area contributed by atoms with Crippen LogP contribution >= 0.6 is 11.8 Å². The number of hydrogen-bond donors (Lipinski definition) is 1. The van der Waals surface area contributed by atoms with Gasteiger partial charge in [-0.3, -0.25) is 14.4 Å². The number of rotatable bonds is 11. The third-order valence-corrected chi connectivity index (χ3v) is 10.0. The summed E-state index contributed by atoms with van der Waals surface area (Å²) < 4.78 is 4.85. The zero-order valence-corrected chi connectivity index (χ0v) is 24.3. The van der Waals surface area contributed by atoms with Crippen LogP contribution < -0.4 is 9.64 Å². The molecule has 3 heterocycles. The molecule has 4 rings (SSSR count). The molecule has 39 heavy (non-hydrogen) atoms. The Morgan fingerprint density at radius 2 is 1.85 bits per heavy atom. The van der Waals surface area contributed by atoms with Crippen LogP contribution in [-0.4, -0.2) is 87.1 Å². The van der Waals surface area contributed by atoms with Crippen molar-refractivity contribution in [3.8, 4) is 5.75 Å². The van der Waals surface area contributed by atoms with Crippen molar-refractivity contribution < 1.29 is 24.2 Å². The topological polar surface area (TPSA) is 90.4 Å². The van der Waals surface area contributed by atoms with E-state index in [-0.39, 0.29) is 36.1 Å². The van der Waals surface area contributed by atoms with Crippen LogP contribution in [0.4, 0.5) is 5.69 Å². The van der Waals surface area contributed by atoms with Gasteiger partial charge >= 0.3 is 0 Å². The summed E-state index contributed by atoms with van der Waals surface area (Å²) in [4.78, 5) is 47.5. The molecule has 0 aromatic heterocycles. The molecule has 5 atom stereocenters. The van der Waals surface area contributed by atoms with Crippen molar-refractivity contribution >= 4 is 35.2 Å². The number of carbonyl (C=O) groups is 3. The molecule has 2 unspecified atom stereocenters. The van der Waals surface area contributed by atoms with E-state index in [1.54, 1.807) is 38.6 Å². The van der Waals surface area contributed by atoms with Crippen LogP contribution in [0.1, 0.15) is 40.5 Å². The molecule has 1 aromatic carbocycles. The van der Waals surface area contributed by atoms with E-state index in [2.05, 4.69) is 13.2 Å². The third kappa shape index (κ3) is 4.99. The number of fused-ring (bicyclic) bond motifs is 1. The molecule has 9 heteroatoms. The molecule has 1 aromatic rings. The van der Waals surface area contributed by atoms with E-state index in [0.29, 0.717) is 31.8 Å². The minimum absolute atomic E-state index is 0.0565. The molecule has 1 spiro atoms. The van der Waals surface area contributed by atoms with Crippen LogP contribution in [0.15, 0.2) is 49.6 Å². The van der Waals surface area contributed by atoms with E-state index in [1.807, 2.05) is 52.0 Å². The van der Waals surface area contributed by atoms with Crippen molar-refractivity contribution in [2.45, 2.75) is 62.1 Å². The fraction of sp³-hybridized carbons (Fsp3) is 0.567. The lowest BCUT2D eigenvalue weighted by Gasteiger charge is -2.42. The minimum atomic E-state index is -0.743. The number of carbonyl (C=O) groups excluding carboxylic acids is 3. The van der Waals surface area contributed by atoms with Crippen molar-refractivity contribution in [2.75, 3.05) is 37.7 Å². The Bertz CT molecular complexity index is 1120. The number of aliphatic hydroxyl groups is 1. The number of benzene rings is 1. The second-order valence-corrected chi connectivity index (χ2v) is 13.0. The van der Waals surface area contributed by atoms with Gasteiger partial charge in [0, 0.05) is 36.1 Å². The van der Waals surface area contributed by atoms with Gasteiger partial charge in [-0.1, -0.05) is 12.2 Å². The van der Waals surface area contributed by atoms with Gasteiger partial charge in [0.1, 0.15) is 11.8 Å². The van der Waals surface area contributed by atoms with Gasteiger partial charge in [0.25, 0.3) is 0 Å². The average molecular weight is 556 g/mol. The number of β-amino-alcohol motifs (C(OH)–C–C–N with tert-alkyl or cyclic N) is 1. The minimum Gasteiger partial charge on any atom is -0.494 e. The molecule has 0 saturated carbocycles. The zero-order valence-electron chi connectivity index (χ0n) is 23.5. The first-order valence-electron chi connectivity index (χ1n) is 13.7. The molecule has 2 bridgehead atoms. The maximum atomic E-state index is 14.3. The highest BCUT2D eigenvalue weighted by Crippen LogP contribution is 2.66. The summed E-state index contributed by atoms with van der Waals surface area (Å²) in [6.07, 6.45) is 4.81. The maximum absolute atomic E-state index is 14.3. The second kappa shape index (κ2) is 11.4. The summed E-state index contributed by atoms with van der Waals surface area (Å²) in [5.74, 6) is -0.974. The highest BCUT2D eigenvalue weighted by atomic mass is 32.2. The molecule has 3 aliphatic heterocycles. The number of aliphatic hydroxyl groups excluding tert-OH is 1. The Hall–Kier alpha value is -2.78. The quantitative estimate of drug-likeness (QED) is 0.421. The first-order chi connectivity index (χ1) is 18.5. The van der Waals surface area contributed by atoms with Crippen molar-refractivity contribution in [3.63, 3.8) is 0 Å². The summed E-state index contributed by atoms with van der Waals surface area (Å²) in [6, 6.07) is 6.61. The van der Waals surface area contributed by atoms with Crippen LogP contribution in [0.3, 0.4) is 0 Å². The first kappa shape index (κ1) is 29.2.